The highest BCUT2D eigenvalue weighted by Crippen LogP contribution is 2.67. The first kappa shape index (κ1) is 35.5. The van der Waals surface area contributed by atoms with Crippen molar-refractivity contribution in [1.29, 1.82) is 0 Å². The van der Waals surface area contributed by atoms with Gasteiger partial charge in [-0.15, -0.1) is 0 Å². The van der Waals surface area contributed by atoms with Crippen LogP contribution in [0.5, 0.6) is 0 Å². The number of rotatable bonds is 4. The average Bonchev–Trinajstić information content (AvgIpc) is 3.55. The molecule has 51 heavy (non-hydrogen) atoms. The second-order valence-electron chi connectivity index (χ2n) is 19.4. The Kier molecular flexibility index (Phi) is 9.09. The molecule has 0 radical (unpaired) electrons. The Morgan fingerprint density at radius 2 is 1.14 bits per heavy atom. The highest BCUT2D eigenvalue weighted by molar-refractivity contribution is 5.91. The van der Waals surface area contributed by atoms with Gasteiger partial charge in [-0.05, 0) is 148 Å². The Balaban J connectivity index is 0.845. The normalized spacial score (nSPS) is 48.4. The van der Waals surface area contributed by atoms with Gasteiger partial charge < -0.3 is 18.9 Å². The first-order chi connectivity index (χ1) is 24.3. The zero-order valence-corrected chi connectivity index (χ0v) is 32.0. The third-order valence-corrected chi connectivity index (χ3v) is 16.7. The van der Waals surface area contributed by atoms with E-state index in [1.165, 1.54) is 17.6 Å². The second-order valence-corrected chi connectivity index (χ2v) is 19.4. The van der Waals surface area contributed by atoms with Crippen LogP contribution in [0.4, 0.5) is 9.59 Å². The zero-order chi connectivity index (χ0) is 36.0. The van der Waals surface area contributed by atoms with Crippen molar-refractivity contribution in [2.24, 2.45) is 81.8 Å². The van der Waals surface area contributed by atoms with Crippen LogP contribution >= 0.6 is 0 Å². The molecule has 7 nitrogen and oxygen atoms in total. The number of ketones is 1. The van der Waals surface area contributed by atoms with Gasteiger partial charge in [-0.1, -0.05) is 70.9 Å². The molecule has 8 aliphatic carbocycles. The number of allylic oxidation sites excluding steroid dienone is 4. The Labute approximate surface area is 305 Å². The summed E-state index contributed by atoms with van der Waals surface area (Å²) in [6, 6.07) is 0. The molecule has 0 aromatic heterocycles. The van der Waals surface area contributed by atoms with Gasteiger partial charge in [0.2, 0.25) is 6.79 Å². The maximum Gasteiger partial charge on any atom is 0.511 e. The lowest BCUT2D eigenvalue weighted by Gasteiger charge is -2.58. The topological polar surface area (TPSA) is 88.1 Å². The molecule has 0 bridgehead atoms. The number of fused-ring (bicyclic) bond motifs is 10. The average molecular weight is 703 g/mol. The van der Waals surface area contributed by atoms with Crippen LogP contribution in [0, 0.1) is 81.8 Å². The van der Waals surface area contributed by atoms with Crippen molar-refractivity contribution in [1.82, 2.24) is 0 Å². The molecule has 8 aliphatic rings. The van der Waals surface area contributed by atoms with Crippen LogP contribution in [0.15, 0.2) is 35.5 Å². The van der Waals surface area contributed by atoms with E-state index < -0.39 is 19.1 Å². The van der Waals surface area contributed by atoms with Crippen molar-refractivity contribution >= 4 is 18.1 Å². The van der Waals surface area contributed by atoms with Crippen LogP contribution in [0.1, 0.15) is 119 Å². The predicted molar refractivity (Wildman–Crippen MR) is 194 cm³/mol. The van der Waals surface area contributed by atoms with Gasteiger partial charge >= 0.3 is 12.3 Å². The lowest BCUT2D eigenvalue weighted by molar-refractivity contribution is -0.124. The summed E-state index contributed by atoms with van der Waals surface area (Å²) in [5.74, 6) is 7.10. The van der Waals surface area contributed by atoms with Crippen molar-refractivity contribution in [3.63, 3.8) is 0 Å². The maximum absolute atomic E-state index is 13.0. The monoisotopic (exact) mass is 702 g/mol. The van der Waals surface area contributed by atoms with E-state index in [0.717, 1.165) is 64.2 Å². The first-order valence-electron chi connectivity index (χ1n) is 20.6. The van der Waals surface area contributed by atoms with Gasteiger partial charge in [0.1, 0.15) is 12.2 Å². The molecule has 0 amide bonds. The number of hydrogen-bond acceptors (Lipinski definition) is 7. The Morgan fingerprint density at radius 1 is 0.667 bits per heavy atom. The van der Waals surface area contributed by atoms with E-state index in [9.17, 15) is 14.4 Å². The molecule has 0 aromatic rings. The van der Waals surface area contributed by atoms with Crippen LogP contribution in [0.2, 0.25) is 0 Å². The van der Waals surface area contributed by atoms with E-state index >= 15 is 0 Å². The van der Waals surface area contributed by atoms with Crippen LogP contribution < -0.4 is 0 Å². The zero-order valence-electron chi connectivity index (χ0n) is 32.0. The third kappa shape index (κ3) is 5.84. The Bertz CT molecular complexity index is 1400. The molecule has 0 heterocycles. The van der Waals surface area contributed by atoms with Gasteiger partial charge in [0.15, 0.2) is 5.78 Å². The SMILES string of the molecule is C=C1C=C2CC(C)C3C(C(C)CC4(C)C(OC(=O)OCOC(=O)OC5CCC6C7C(C)CC8=CC(=O)CCC8C7C(C)CC56C)CCC34)C2CC1. The summed E-state index contributed by atoms with van der Waals surface area (Å²) in [7, 11) is 0. The lowest BCUT2D eigenvalue weighted by Crippen LogP contribution is -2.54. The van der Waals surface area contributed by atoms with Crippen LogP contribution in [0.25, 0.3) is 0 Å². The van der Waals surface area contributed by atoms with Crippen LogP contribution in [-0.4, -0.2) is 37.1 Å². The second kappa shape index (κ2) is 13.1. The van der Waals surface area contributed by atoms with Crippen molar-refractivity contribution in [3.05, 3.63) is 35.5 Å². The van der Waals surface area contributed by atoms with E-state index in [0.29, 0.717) is 83.2 Å². The van der Waals surface area contributed by atoms with Crippen molar-refractivity contribution in [2.75, 3.05) is 6.79 Å². The molecule has 0 saturated heterocycles. The molecule has 0 aliphatic heterocycles. The smallest absolute Gasteiger partial charge is 0.430 e. The summed E-state index contributed by atoms with van der Waals surface area (Å²) in [6.45, 7) is 18.0. The van der Waals surface area contributed by atoms with Gasteiger partial charge in [0.25, 0.3) is 0 Å². The summed E-state index contributed by atoms with van der Waals surface area (Å²) in [5.41, 5.74) is 4.09. The minimum atomic E-state index is -0.775. The predicted octanol–water partition coefficient (Wildman–Crippen LogP) is 10.2. The molecule has 0 spiro atoms. The van der Waals surface area contributed by atoms with E-state index in [2.05, 4.69) is 54.2 Å². The number of carbonyl (C=O) groups is 3. The molecule has 6 fully saturated rings. The van der Waals surface area contributed by atoms with Gasteiger partial charge in [-0.25, -0.2) is 9.59 Å². The van der Waals surface area contributed by atoms with Gasteiger partial charge in [0.05, 0.1) is 0 Å². The molecule has 6 saturated carbocycles. The summed E-state index contributed by atoms with van der Waals surface area (Å²) >= 11 is 0. The largest absolute Gasteiger partial charge is 0.511 e. The fourth-order valence-corrected chi connectivity index (χ4v) is 15.1. The fourth-order valence-electron chi connectivity index (χ4n) is 15.1. The minimum absolute atomic E-state index is 0.0835. The highest BCUT2D eigenvalue weighted by atomic mass is 16.8. The summed E-state index contributed by atoms with van der Waals surface area (Å²) in [6.07, 6.45) is 14.4. The van der Waals surface area contributed by atoms with Crippen molar-refractivity contribution < 1.29 is 33.3 Å². The first-order valence-corrected chi connectivity index (χ1v) is 20.6. The molecular weight excluding hydrogens is 640 g/mol. The van der Waals surface area contributed by atoms with Crippen molar-refractivity contribution in [3.8, 4) is 0 Å². The quantitative estimate of drug-likeness (QED) is 0.213. The molecule has 7 heteroatoms. The summed E-state index contributed by atoms with van der Waals surface area (Å²) in [5, 5.41) is 0. The molecule has 8 rings (SSSR count). The Morgan fingerprint density at radius 3 is 1.65 bits per heavy atom. The van der Waals surface area contributed by atoms with Crippen LogP contribution in [0.3, 0.4) is 0 Å². The molecule has 0 aromatic carbocycles. The summed E-state index contributed by atoms with van der Waals surface area (Å²) in [4.78, 5) is 38.3. The fraction of sp³-hybridized carbons (Fsp3) is 0.795. The van der Waals surface area contributed by atoms with E-state index in [1.807, 2.05) is 6.08 Å². The maximum atomic E-state index is 13.0. The molecule has 0 N–H and O–H groups in total. The number of hydrogen-bond donors (Lipinski definition) is 0. The van der Waals surface area contributed by atoms with E-state index in [4.69, 9.17) is 18.9 Å². The van der Waals surface area contributed by atoms with Crippen LogP contribution in [-0.2, 0) is 23.7 Å². The van der Waals surface area contributed by atoms with E-state index in [1.54, 1.807) is 5.57 Å². The molecule has 16 unspecified atom stereocenters. The Hall–Kier alpha value is -2.57. The van der Waals surface area contributed by atoms with Crippen molar-refractivity contribution in [2.45, 2.75) is 131 Å². The third-order valence-electron chi connectivity index (χ3n) is 16.7. The van der Waals surface area contributed by atoms with E-state index in [-0.39, 0.29) is 23.0 Å². The molecular formula is C44H62O7. The number of ether oxygens (including phenoxy) is 4. The lowest BCUT2D eigenvalue weighted by atomic mass is 9.47. The number of carbonyl (C=O) groups excluding carboxylic acids is 3. The summed E-state index contributed by atoms with van der Waals surface area (Å²) < 4.78 is 22.8. The minimum Gasteiger partial charge on any atom is -0.430 e. The molecule has 280 valence electrons. The standard InChI is InChI=1S/C44H62O7/c1-23-8-10-31-28(16-23)17-24(2)39-33-12-14-35(43(33,6)20-26(4)37(31)39)50-41(46)48-22-49-42(47)51-36-15-13-34-40-25(3)18-29-19-30(45)9-11-32(29)38(40)27(5)21-44(34,36)7/h16,19,24-27,31-40H,1,8-15,17-18,20-22H2,2-7H3. The molecule has 16 atom stereocenters. The van der Waals surface area contributed by atoms with Gasteiger partial charge in [-0.2, -0.15) is 0 Å². The van der Waals surface area contributed by atoms with Gasteiger partial charge in [0, 0.05) is 17.3 Å². The highest BCUT2D eigenvalue weighted by Gasteiger charge is 2.62. The van der Waals surface area contributed by atoms with Gasteiger partial charge in [-0.3, -0.25) is 4.79 Å².